The molecule has 2 rings (SSSR count). The third-order valence-corrected chi connectivity index (χ3v) is 18.8. The van der Waals surface area contributed by atoms with Crippen molar-refractivity contribution >= 4 is 34.4 Å². The van der Waals surface area contributed by atoms with E-state index < -0.39 is 22.2 Å². The van der Waals surface area contributed by atoms with Crippen LogP contribution < -0.4 is 0 Å². The smallest absolute Gasteiger partial charge is 0.192 e. The Labute approximate surface area is 266 Å². The van der Waals surface area contributed by atoms with E-state index in [4.69, 9.17) is 8.85 Å². The van der Waals surface area contributed by atoms with Crippen LogP contribution in [-0.4, -0.2) is 27.3 Å². The molecule has 0 fully saturated rings. The molecule has 43 heavy (non-hydrogen) atoms. The number of rotatable bonds is 13. The van der Waals surface area contributed by atoms with Gasteiger partial charge >= 0.3 is 0 Å². The van der Waals surface area contributed by atoms with Gasteiger partial charge in [-0.1, -0.05) is 116 Å². The molecule has 1 N–H and O–H groups in total. The average Bonchev–Trinajstić information content (AvgIpc) is 2.93. The fourth-order valence-electron chi connectivity index (χ4n) is 4.01. The van der Waals surface area contributed by atoms with Crippen LogP contribution in [0.25, 0.3) is 17.7 Å². The maximum atomic E-state index is 10.5. The molecule has 0 amide bonds. The summed E-state index contributed by atoms with van der Waals surface area (Å²) in [5.74, 6) is 0. The van der Waals surface area contributed by atoms with Crippen molar-refractivity contribution in [2.75, 3.05) is 0 Å². The Balaban J connectivity index is 2.34. The highest BCUT2D eigenvalue weighted by molar-refractivity contribution is 6.74. The molecule has 0 radical (unpaired) electrons. The van der Waals surface area contributed by atoms with Gasteiger partial charge in [0.2, 0.25) is 0 Å². The summed E-state index contributed by atoms with van der Waals surface area (Å²) in [6, 6.07) is 15.3. The summed E-state index contributed by atoms with van der Waals surface area (Å²) >= 11 is 0. The third-order valence-electron chi connectivity index (χ3n) is 9.81. The van der Waals surface area contributed by atoms with Gasteiger partial charge in [-0.25, -0.2) is 0 Å². The molecule has 0 atom stereocenters. The summed E-state index contributed by atoms with van der Waals surface area (Å²) < 4.78 is 13.3. The summed E-state index contributed by atoms with van der Waals surface area (Å²) in [5, 5.41) is 10.9. The molecule has 0 aliphatic rings. The fourth-order valence-corrected chi connectivity index (χ4v) is 5.91. The van der Waals surface area contributed by atoms with E-state index in [1.165, 1.54) is 16.7 Å². The van der Waals surface area contributed by atoms with E-state index in [0.717, 1.165) is 16.7 Å². The Morgan fingerprint density at radius 2 is 1.26 bits per heavy atom. The highest BCUT2D eigenvalue weighted by Crippen LogP contribution is 2.39. The Hall–Kier alpha value is -2.03. The van der Waals surface area contributed by atoms with Gasteiger partial charge in [0.15, 0.2) is 16.6 Å². The zero-order valence-electron chi connectivity index (χ0n) is 29.5. The lowest BCUT2D eigenvalue weighted by molar-refractivity contribution is 0.0828. The van der Waals surface area contributed by atoms with Crippen LogP contribution in [0.2, 0.25) is 36.3 Å². The van der Waals surface area contributed by atoms with Crippen LogP contribution in [0.3, 0.4) is 0 Å². The van der Waals surface area contributed by atoms with Crippen molar-refractivity contribution in [3.8, 4) is 0 Å². The van der Waals surface area contributed by atoms with Gasteiger partial charge in [-0.05, 0) is 102 Å². The number of hydrogen-bond donors (Lipinski definition) is 1. The summed E-state index contributed by atoms with van der Waals surface area (Å²) in [4.78, 5) is 0. The Morgan fingerprint density at radius 1 is 0.744 bits per heavy atom. The third kappa shape index (κ3) is 10.8. The molecule has 0 spiro atoms. The van der Waals surface area contributed by atoms with E-state index in [9.17, 15) is 5.11 Å². The molecule has 0 unspecified atom stereocenters. The molecule has 0 aliphatic heterocycles. The van der Waals surface area contributed by atoms with Crippen LogP contribution in [0.1, 0.15) is 103 Å². The van der Waals surface area contributed by atoms with E-state index in [1.54, 1.807) is 0 Å². The van der Waals surface area contributed by atoms with E-state index in [-0.39, 0.29) is 10.1 Å². The average molecular weight is 621 g/mol. The largest absolute Gasteiger partial charge is 0.413 e. The summed E-state index contributed by atoms with van der Waals surface area (Å²) in [7, 11) is -3.78. The van der Waals surface area contributed by atoms with Crippen molar-refractivity contribution in [1.29, 1.82) is 0 Å². The van der Waals surface area contributed by atoms with Crippen molar-refractivity contribution in [3.63, 3.8) is 0 Å². The Morgan fingerprint density at radius 3 is 1.77 bits per heavy atom. The summed E-state index contributed by atoms with van der Waals surface area (Å²) in [5.41, 5.74) is 6.34. The molecular formula is C38H60O3Si2. The van der Waals surface area contributed by atoms with Crippen LogP contribution in [-0.2, 0) is 22.1 Å². The van der Waals surface area contributed by atoms with Gasteiger partial charge in [0, 0.05) is 0 Å². The van der Waals surface area contributed by atoms with Crippen LogP contribution in [0.15, 0.2) is 60.7 Å². The topological polar surface area (TPSA) is 38.7 Å². The second-order valence-electron chi connectivity index (χ2n) is 15.1. The predicted molar refractivity (Wildman–Crippen MR) is 194 cm³/mol. The molecular weight excluding hydrogens is 561 g/mol. The van der Waals surface area contributed by atoms with Gasteiger partial charge in [0.25, 0.3) is 0 Å². The van der Waals surface area contributed by atoms with Crippen LogP contribution >= 0.6 is 0 Å². The lowest BCUT2D eigenvalue weighted by Crippen LogP contribution is -2.41. The zero-order valence-corrected chi connectivity index (χ0v) is 31.5. The van der Waals surface area contributed by atoms with Crippen molar-refractivity contribution < 1.29 is 14.0 Å². The molecule has 0 saturated heterocycles. The Bertz CT molecular complexity index is 1280. The number of aliphatic hydroxyl groups is 1. The minimum atomic E-state index is -1.90. The van der Waals surface area contributed by atoms with Gasteiger partial charge in [-0.3, -0.25) is 0 Å². The molecule has 0 bridgehead atoms. The van der Waals surface area contributed by atoms with Crippen molar-refractivity contribution in [2.24, 2.45) is 0 Å². The molecule has 3 nitrogen and oxygen atoms in total. The van der Waals surface area contributed by atoms with Gasteiger partial charge in [-0.2, -0.15) is 0 Å². The van der Waals surface area contributed by atoms with E-state index >= 15 is 0 Å². The first-order valence-electron chi connectivity index (χ1n) is 16.0. The number of allylic oxidation sites excluding steroid dienone is 3. The quantitative estimate of drug-likeness (QED) is 0.137. The maximum Gasteiger partial charge on any atom is 0.192 e. The standard InChI is InChI=1S/C38H60O3Si2/c1-14-38(39,15-2)25-17-18-30(3)33-20-16-19-31(26-33)21-22-32-23-24-34(28-40-42(10,11)36(4,5)6)35(27-32)29-41-43(12,13)37(7,8)9/h16-27,39H,14-15,28-29H2,1-13H3/b22-21?,25-17+,30-18+. The van der Waals surface area contributed by atoms with Crippen molar-refractivity contribution in [2.45, 2.75) is 130 Å². The van der Waals surface area contributed by atoms with Gasteiger partial charge in [0.1, 0.15) is 0 Å². The predicted octanol–water partition coefficient (Wildman–Crippen LogP) is 11.4. The fraction of sp³-hybridized carbons (Fsp3) is 0.526. The summed E-state index contributed by atoms with van der Waals surface area (Å²) in [6.07, 6.45) is 11.8. The second-order valence-corrected chi connectivity index (χ2v) is 24.7. The number of benzene rings is 2. The molecule has 2 aromatic rings. The maximum absolute atomic E-state index is 10.5. The number of hydrogen-bond acceptors (Lipinski definition) is 3. The summed E-state index contributed by atoms with van der Waals surface area (Å²) in [6.45, 7) is 30.4. The molecule has 238 valence electrons. The first-order chi connectivity index (χ1) is 19.7. The van der Waals surface area contributed by atoms with Gasteiger partial charge in [0.05, 0.1) is 18.8 Å². The van der Waals surface area contributed by atoms with Crippen LogP contribution in [0.5, 0.6) is 0 Å². The van der Waals surface area contributed by atoms with Gasteiger partial charge < -0.3 is 14.0 Å². The van der Waals surface area contributed by atoms with Crippen LogP contribution in [0, 0.1) is 0 Å². The molecule has 2 aromatic carbocycles. The van der Waals surface area contributed by atoms with Crippen LogP contribution in [0.4, 0.5) is 0 Å². The Kier molecular flexibility index (Phi) is 12.8. The van der Waals surface area contributed by atoms with E-state index in [0.29, 0.717) is 26.1 Å². The lowest BCUT2D eigenvalue weighted by atomic mass is 9.96. The zero-order chi connectivity index (χ0) is 32.7. The molecule has 0 aliphatic carbocycles. The minimum absolute atomic E-state index is 0.156. The monoisotopic (exact) mass is 620 g/mol. The van der Waals surface area contributed by atoms with Crippen molar-refractivity contribution in [3.05, 3.63) is 88.5 Å². The lowest BCUT2D eigenvalue weighted by Gasteiger charge is -2.37. The SMILES string of the molecule is CCC(O)(/C=C/C=C(\C)c1cccc(C=Cc2ccc(CO[Si](C)(C)C(C)(C)C)c(CO[Si](C)(C)C(C)(C)C)c2)c1)CC. The van der Waals surface area contributed by atoms with Crippen molar-refractivity contribution in [1.82, 2.24) is 0 Å². The molecule has 0 heterocycles. The van der Waals surface area contributed by atoms with Gasteiger partial charge in [-0.15, -0.1) is 0 Å². The first kappa shape index (κ1) is 37.2. The normalized spacial score (nSPS) is 14.3. The minimum Gasteiger partial charge on any atom is -0.413 e. The van der Waals surface area contributed by atoms with E-state index in [1.807, 2.05) is 26.0 Å². The molecule has 0 saturated carbocycles. The second kappa shape index (κ2) is 14.8. The first-order valence-corrected chi connectivity index (χ1v) is 21.8. The molecule has 0 aromatic heterocycles. The highest BCUT2D eigenvalue weighted by Gasteiger charge is 2.38. The molecule has 5 heteroatoms. The highest BCUT2D eigenvalue weighted by atomic mass is 28.4. The van der Waals surface area contributed by atoms with E-state index in [2.05, 4.69) is 135 Å².